The minimum Gasteiger partial charge on any atom is -0.481 e. The highest BCUT2D eigenvalue weighted by molar-refractivity contribution is 6.21. The van der Waals surface area contributed by atoms with Crippen LogP contribution in [0.4, 0.5) is 0 Å². The van der Waals surface area contributed by atoms with E-state index < -0.39 is 24.0 Å². The maximum absolute atomic E-state index is 12.1. The Bertz CT molecular complexity index is 535. The van der Waals surface area contributed by atoms with Gasteiger partial charge in [-0.25, -0.2) is 4.90 Å². The Kier molecular flexibility index (Phi) is 4.66. The van der Waals surface area contributed by atoms with Gasteiger partial charge in [-0.1, -0.05) is 12.1 Å². The van der Waals surface area contributed by atoms with Crippen LogP contribution in [0.3, 0.4) is 0 Å². The lowest BCUT2D eigenvalue weighted by Crippen LogP contribution is -2.40. The summed E-state index contributed by atoms with van der Waals surface area (Å²) in [5.74, 6) is -2.06. The first-order chi connectivity index (χ1) is 10.1. The minimum atomic E-state index is -1.22. The SMILES string of the molecule is [O]OC(CCCCC(=O)O)N1C(=O)c2ccccc2C1=O. The van der Waals surface area contributed by atoms with Crippen molar-refractivity contribution in [2.45, 2.75) is 31.9 Å². The molecule has 2 amide bonds. The zero-order valence-electron chi connectivity index (χ0n) is 11.2. The third kappa shape index (κ3) is 3.09. The number of unbranched alkanes of at least 4 members (excludes halogenated alkanes) is 1. The van der Waals surface area contributed by atoms with Crippen molar-refractivity contribution < 1.29 is 29.6 Å². The third-order valence-corrected chi connectivity index (χ3v) is 3.32. The molecule has 1 aromatic carbocycles. The van der Waals surface area contributed by atoms with Crippen molar-refractivity contribution in [2.24, 2.45) is 0 Å². The topological polar surface area (TPSA) is 104 Å². The van der Waals surface area contributed by atoms with E-state index in [1.165, 1.54) is 12.1 Å². The zero-order valence-corrected chi connectivity index (χ0v) is 11.2. The predicted molar refractivity (Wildman–Crippen MR) is 68.6 cm³/mol. The number of rotatable bonds is 7. The Morgan fingerprint density at radius 2 is 1.71 bits per heavy atom. The summed E-state index contributed by atoms with van der Waals surface area (Å²) in [4.78, 5) is 39.5. The molecule has 0 spiro atoms. The number of benzene rings is 1. The zero-order chi connectivity index (χ0) is 15.4. The number of carbonyl (C=O) groups is 3. The van der Waals surface area contributed by atoms with E-state index >= 15 is 0 Å². The second kappa shape index (κ2) is 6.47. The Morgan fingerprint density at radius 1 is 1.14 bits per heavy atom. The first-order valence-corrected chi connectivity index (χ1v) is 6.53. The quantitative estimate of drug-likeness (QED) is 0.356. The van der Waals surface area contributed by atoms with Gasteiger partial charge in [0, 0.05) is 6.42 Å². The molecule has 0 aliphatic carbocycles. The molecule has 1 aliphatic heterocycles. The molecule has 0 saturated carbocycles. The predicted octanol–water partition coefficient (Wildman–Crippen LogP) is 1.62. The van der Waals surface area contributed by atoms with Gasteiger partial charge in [0.25, 0.3) is 11.8 Å². The van der Waals surface area contributed by atoms with Crippen LogP contribution in [-0.4, -0.2) is 34.0 Å². The van der Waals surface area contributed by atoms with Gasteiger partial charge >= 0.3 is 5.97 Å². The van der Waals surface area contributed by atoms with Gasteiger partial charge in [0.15, 0.2) is 6.23 Å². The van der Waals surface area contributed by atoms with E-state index in [4.69, 9.17) is 5.11 Å². The average Bonchev–Trinajstić information content (AvgIpc) is 2.72. The smallest absolute Gasteiger partial charge is 0.303 e. The van der Waals surface area contributed by atoms with Gasteiger partial charge in [0.1, 0.15) is 0 Å². The number of fused-ring (bicyclic) bond motifs is 1. The molecule has 1 radical (unpaired) electrons. The molecule has 0 saturated heterocycles. The van der Waals surface area contributed by atoms with Crippen LogP contribution in [0.2, 0.25) is 0 Å². The summed E-state index contributed by atoms with van der Waals surface area (Å²) in [6, 6.07) is 6.30. The fourth-order valence-electron chi connectivity index (χ4n) is 2.28. The van der Waals surface area contributed by atoms with Gasteiger partial charge in [0.2, 0.25) is 0 Å². The fourth-order valence-corrected chi connectivity index (χ4v) is 2.28. The van der Waals surface area contributed by atoms with E-state index in [2.05, 4.69) is 4.89 Å². The number of aliphatic carboxylic acids is 1. The molecule has 7 nitrogen and oxygen atoms in total. The molecule has 1 heterocycles. The molecule has 1 N–H and O–H groups in total. The number of hydrogen-bond donors (Lipinski definition) is 1. The number of amides is 2. The molecule has 2 rings (SSSR count). The molecule has 0 aromatic heterocycles. The van der Waals surface area contributed by atoms with Gasteiger partial charge < -0.3 is 5.11 Å². The van der Waals surface area contributed by atoms with Crippen molar-refractivity contribution in [1.82, 2.24) is 4.90 Å². The van der Waals surface area contributed by atoms with Crippen LogP contribution in [0.1, 0.15) is 46.4 Å². The second-order valence-corrected chi connectivity index (χ2v) is 4.72. The molecule has 0 fully saturated rings. The summed E-state index contributed by atoms with van der Waals surface area (Å²) in [7, 11) is 0. The van der Waals surface area contributed by atoms with Crippen LogP contribution < -0.4 is 0 Å². The normalized spacial score (nSPS) is 15.2. The fraction of sp³-hybridized carbons (Fsp3) is 0.357. The van der Waals surface area contributed by atoms with Gasteiger partial charge in [0.05, 0.1) is 11.1 Å². The van der Waals surface area contributed by atoms with Gasteiger partial charge in [-0.3, -0.25) is 14.4 Å². The van der Waals surface area contributed by atoms with E-state index in [9.17, 15) is 19.6 Å². The Morgan fingerprint density at radius 3 is 2.19 bits per heavy atom. The van der Waals surface area contributed by atoms with Gasteiger partial charge in [-0.05, 0) is 36.7 Å². The Hall–Kier alpha value is -2.25. The second-order valence-electron chi connectivity index (χ2n) is 4.72. The molecular weight excluding hydrogens is 278 g/mol. The largest absolute Gasteiger partial charge is 0.481 e. The van der Waals surface area contributed by atoms with Crippen molar-refractivity contribution in [3.05, 3.63) is 35.4 Å². The third-order valence-electron chi connectivity index (χ3n) is 3.32. The van der Waals surface area contributed by atoms with Crippen molar-refractivity contribution >= 4 is 17.8 Å². The van der Waals surface area contributed by atoms with Crippen molar-refractivity contribution in [2.75, 3.05) is 0 Å². The Balaban J connectivity index is 2.05. The van der Waals surface area contributed by atoms with Crippen LogP contribution >= 0.6 is 0 Å². The highest BCUT2D eigenvalue weighted by Gasteiger charge is 2.40. The highest BCUT2D eigenvalue weighted by Crippen LogP contribution is 2.26. The first-order valence-electron chi connectivity index (χ1n) is 6.53. The number of carboxylic acid groups (broad SMARTS) is 1. The Labute approximate surface area is 120 Å². The standard InChI is InChI=1S/C14H14NO6/c16-12(17)8-4-3-7-11(21-20)15-13(18)9-5-1-2-6-10(9)14(15)19/h1-2,5-6,11H,3-4,7-8H2,(H,16,17). The van der Waals surface area contributed by atoms with Crippen molar-refractivity contribution in [3.63, 3.8) is 0 Å². The molecule has 0 bridgehead atoms. The maximum Gasteiger partial charge on any atom is 0.303 e. The average molecular weight is 292 g/mol. The number of nitrogens with zero attached hydrogens (tertiary/aromatic N) is 1. The lowest BCUT2D eigenvalue weighted by Gasteiger charge is -2.21. The van der Waals surface area contributed by atoms with Crippen LogP contribution in [0.25, 0.3) is 0 Å². The number of carbonyl (C=O) groups excluding carboxylic acids is 2. The lowest BCUT2D eigenvalue weighted by atomic mass is 10.1. The molecule has 1 unspecified atom stereocenters. The summed E-state index contributed by atoms with van der Waals surface area (Å²) >= 11 is 0. The monoisotopic (exact) mass is 292 g/mol. The molecular formula is C14H14NO6. The van der Waals surface area contributed by atoms with Crippen LogP contribution in [0.15, 0.2) is 24.3 Å². The molecule has 21 heavy (non-hydrogen) atoms. The summed E-state index contributed by atoms with van der Waals surface area (Å²) in [6.07, 6.45) is -0.424. The van der Waals surface area contributed by atoms with E-state index in [1.807, 2.05) is 0 Å². The molecule has 1 aliphatic rings. The van der Waals surface area contributed by atoms with E-state index in [0.717, 1.165) is 4.90 Å². The van der Waals surface area contributed by atoms with Gasteiger partial charge in [-0.2, -0.15) is 4.89 Å². The first kappa shape index (κ1) is 15.1. The molecule has 1 atom stereocenters. The van der Waals surface area contributed by atoms with Crippen LogP contribution in [0.5, 0.6) is 0 Å². The molecule has 111 valence electrons. The van der Waals surface area contributed by atoms with Crippen LogP contribution in [-0.2, 0) is 14.9 Å². The summed E-state index contributed by atoms with van der Waals surface area (Å²) in [6.45, 7) is 0. The minimum absolute atomic E-state index is 0.0340. The van der Waals surface area contributed by atoms with Crippen molar-refractivity contribution in [3.8, 4) is 0 Å². The maximum atomic E-state index is 12.1. The number of imide groups is 1. The van der Waals surface area contributed by atoms with Gasteiger partial charge in [-0.15, -0.1) is 0 Å². The van der Waals surface area contributed by atoms with Crippen LogP contribution in [0, 0.1) is 0 Å². The van der Waals surface area contributed by atoms with Crippen molar-refractivity contribution in [1.29, 1.82) is 0 Å². The van der Waals surface area contributed by atoms with E-state index in [0.29, 0.717) is 12.8 Å². The number of carboxylic acids is 1. The van der Waals surface area contributed by atoms with E-state index in [-0.39, 0.29) is 24.0 Å². The van der Waals surface area contributed by atoms with E-state index in [1.54, 1.807) is 12.1 Å². The molecule has 1 aromatic rings. The summed E-state index contributed by atoms with van der Waals surface area (Å²) in [5, 5.41) is 19.4. The number of hydrogen-bond acceptors (Lipinski definition) is 4. The summed E-state index contributed by atoms with van der Waals surface area (Å²) < 4.78 is 0. The summed E-state index contributed by atoms with van der Waals surface area (Å²) in [5.41, 5.74) is 0.491. The highest BCUT2D eigenvalue weighted by atomic mass is 17.1. The molecule has 7 heteroatoms. The lowest BCUT2D eigenvalue weighted by molar-refractivity contribution is -0.353.